The van der Waals surface area contributed by atoms with Gasteiger partial charge in [-0.3, -0.25) is 4.79 Å². The standard InChI is InChI=1S/C10H14N2OS/c1-12(10-11-6-7-14-10)8-2-4-9(13)5-3-8/h6-8H,2-5H2,1H3. The number of hydrogen-bond acceptors (Lipinski definition) is 4. The van der Waals surface area contributed by atoms with E-state index in [0.29, 0.717) is 11.8 Å². The van der Waals surface area contributed by atoms with Crippen molar-refractivity contribution in [2.45, 2.75) is 31.7 Å². The molecule has 0 aromatic carbocycles. The molecule has 14 heavy (non-hydrogen) atoms. The van der Waals surface area contributed by atoms with Crippen molar-refractivity contribution >= 4 is 22.3 Å². The largest absolute Gasteiger partial charge is 0.348 e. The molecule has 0 saturated heterocycles. The molecule has 1 saturated carbocycles. The van der Waals surface area contributed by atoms with Gasteiger partial charge in [-0.1, -0.05) is 0 Å². The summed E-state index contributed by atoms with van der Waals surface area (Å²) in [5.74, 6) is 0.411. The first-order chi connectivity index (χ1) is 6.77. The Bertz CT molecular complexity index is 300. The van der Waals surface area contributed by atoms with Crippen LogP contribution in [0.4, 0.5) is 5.13 Å². The van der Waals surface area contributed by atoms with Crippen molar-refractivity contribution < 1.29 is 4.79 Å². The minimum atomic E-state index is 0.411. The number of aromatic nitrogens is 1. The van der Waals surface area contributed by atoms with Gasteiger partial charge in [0.25, 0.3) is 0 Å². The Labute approximate surface area is 87.8 Å². The Morgan fingerprint density at radius 1 is 1.50 bits per heavy atom. The zero-order valence-electron chi connectivity index (χ0n) is 8.27. The highest BCUT2D eigenvalue weighted by Gasteiger charge is 2.23. The highest BCUT2D eigenvalue weighted by atomic mass is 32.1. The van der Waals surface area contributed by atoms with Crippen LogP contribution in [0.1, 0.15) is 25.7 Å². The molecule has 0 amide bonds. The van der Waals surface area contributed by atoms with E-state index in [1.54, 1.807) is 11.3 Å². The van der Waals surface area contributed by atoms with Crippen molar-refractivity contribution in [1.82, 2.24) is 4.98 Å². The lowest BCUT2D eigenvalue weighted by Crippen LogP contribution is -2.35. The fraction of sp³-hybridized carbons (Fsp3) is 0.600. The van der Waals surface area contributed by atoms with Gasteiger partial charge in [0.05, 0.1) is 0 Å². The fourth-order valence-corrected chi connectivity index (χ4v) is 2.54. The van der Waals surface area contributed by atoms with Crippen LogP contribution in [-0.2, 0) is 4.79 Å². The SMILES string of the molecule is CN(c1nccs1)C1CCC(=O)CC1. The molecule has 1 aromatic heterocycles. The van der Waals surface area contributed by atoms with Crippen molar-refractivity contribution in [3.63, 3.8) is 0 Å². The Morgan fingerprint density at radius 2 is 2.21 bits per heavy atom. The Balaban J connectivity index is 1.99. The van der Waals surface area contributed by atoms with Crippen LogP contribution in [0.15, 0.2) is 11.6 Å². The van der Waals surface area contributed by atoms with E-state index in [2.05, 4.69) is 16.9 Å². The molecule has 1 aliphatic carbocycles. The smallest absolute Gasteiger partial charge is 0.185 e. The van der Waals surface area contributed by atoms with E-state index < -0.39 is 0 Å². The highest BCUT2D eigenvalue weighted by molar-refractivity contribution is 7.13. The number of Topliss-reactive ketones (excluding diaryl/α,β-unsaturated/α-hetero) is 1. The van der Waals surface area contributed by atoms with Crippen LogP contribution in [0.3, 0.4) is 0 Å². The average molecular weight is 210 g/mol. The molecule has 2 rings (SSSR count). The summed E-state index contributed by atoms with van der Waals surface area (Å²) in [6, 6.07) is 0.499. The molecule has 1 aliphatic rings. The second-order valence-electron chi connectivity index (χ2n) is 3.70. The molecule has 4 heteroatoms. The molecule has 0 aliphatic heterocycles. The number of carbonyl (C=O) groups excluding carboxylic acids is 1. The number of nitrogens with zero attached hydrogens (tertiary/aromatic N) is 2. The normalized spacial score (nSPS) is 18.5. The topological polar surface area (TPSA) is 33.2 Å². The molecule has 1 heterocycles. The van der Waals surface area contributed by atoms with Crippen LogP contribution in [0, 0.1) is 0 Å². The molecule has 0 N–H and O–H groups in total. The van der Waals surface area contributed by atoms with E-state index in [9.17, 15) is 4.79 Å². The van der Waals surface area contributed by atoms with E-state index in [4.69, 9.17) is 0 Å². The second-order valence-corrected chi connectivity index (χ2v) is 4.57. The number of ketones is 1. The monoisotopic (exact) mass is 210 g/mol. The van der Waals surface area contributed by atoms with Gasteiger partial charge in [0.2, 0.25) is 0 Å². The Morgan fingerprint density at radius 3 is 2.79 bits per heavy atom. The second kappa shape index (κ2) is 4.09. The number of carbonyl (C=O) groups is 1. The van der Waals surface area contributed by atoms with Crippen LogP contribution in [0.25, 0.3) is 0 Å². The maximum Gasteiger partial charge on any atom is 0.185 e. The average Bonchev–Trinajstić information content (AvgIpc) is 2.71. The zero-order valence-corrected chi connectivity index (χ0v) is 9.09. The van der Waals surface area contributed by atoms with E-state index in [1.165, 1.54) is 0 Å². The summed E-state index contributed by atoms with van der Waals surface area (Å²) in [4.78, 5) is 17.6. The number of rotatable bonds is 2. The molecular weight excluding hydrogens is 196 g/mol. The van der Waals surface area contributed by atoms with Gasteiger partial charge in [0, 0.05) is 37.5 Å². The first-order valence-electron chi connectivity index (χ1n) is 4.91. The van der Waals surface area contributed by atoms with Crippen LogP contribution in [0.2, 0.25) is 0 Å². The van der Waals surface area contributed by atoms with Crippen molar-refractivity contribution in [1.29, 1.82) is 0 Å². The molecule has 0 radical (unpaired) electrons. The molecule has 0 bridgehead atoms. The van der Waals surface area contributed by atoms with Crippen LogP contribution in [0.5, 0.6) is 0 Å². The Hall–Kier alpha value is -0.900. The Kier molecular flexibility index (Phi) is 2.82. The molecular formula is C10H14N2OS. The predicted octanol–water partition coefficient (Wildman–Crippen LogP) is 2.09. The van der Waals surface area contributed by atoms with Gasteiger partial charge >= 0.3 is 0 Å². The molecule has 3 nitrogen and oxygen atoms in total. The lowest BCUT2D eigenvalue weighted by molar-refractivity contribution is -0.120. The first kappa shape index (κ1) is 9.65. The number of anilines is 1. The van der Waals surface area contributed by atoms with Gasteiger partial charge in [-0.05, 0) is 12.8 Å². The van der Waals surface area contributed by atoms with E-state index in [0.717, 1.165) is 30.8 Å². The zero-order chi connectivity index (χ0) is 9.97. The summed E-state index contributed by atoms with van der Waals surface area (Å²) < 4.78 is 0. The van der Waals surface area contributed by atoms with Crippen molar-refractivity contribution in [2.75, 3.05) is 11.9 Å². The van der Waals surface area contributed by atoms with Gasteiger partial charge in [0.1, 0.15) is 5.78 Å². The summed E-state index contributed by atoms with van der Waals surface area (Å²) in [7, 11) is 2.07. The van der Waals surface area contributed by atoms with E-state index in [1.807, 2.05) is 11.6 Å². The summed E-state index contributed by atoms with van der Waals surface area (Å²) in [6.07, 6.45) is 5.26. The summed E-state index contributed by atoms with van der Waals surface area (Å²) in [5.41, 5.74) is 0. The maximum absolute atomic E-state index is 11.1. The van der Waals surface area contributed by atoms with Gasteiger partial charge in [0.15, 0.2) is 5.13 Å². The van der Waals surface area contributed by atoms with Gasteiger partial charge in [-0.2, -0.15) is 0 Å². The minimum absolute atomic E-state index is 0.411. The molecule has 1 fully saturated rings. The van der Waals surface area contributed by atoms with Crippen molar-refractivity contribution in [3.8, 4) is 0 Å². The number of hydrogen-bond donors (Lipinski definition) is 0. The lowest BCUT2D eigenvalue weighted by Gasteiger charge is -2.30. The molecule has 0 atom stereocenters. The predicted molar refractivity (Wildman–Crippen MR) is 57.8 cm³/mol. The number of thiazole rings is 1. The molecule has 1 aromatic rings. The summed E-state index contributed by atoms with van der Waals surface area (Å²) in [5, 5.41) is 3.05. The van der Waals surface area contributed by atoms with Gasteiger partial charge in [-0.15, -0.1) is 11.3 Å². The van der Waals surface area contributed by atoms with Crippen LogP contribution >= 0.6 is 11.3 Å². The maximum atomic E-state index is 11.1. The van der Waals surface area contributed by atoms with E-state index in [-0.39, 0.29) is 0 Å². The van der Waals surface area contributed by atoms with Crippen LogP contribution in [-0.4, -0.2) is 23.9 Å². The van der Waals surface area contributed by atoms with Crippen molar-refractivity contribution in [2.24, 2.45) is 0 Å². The third-order valence-corrected chi connectivity index (χ3v) is 3.64. The fourth-order valence-electron chi connectivity index (χ4n) is 1.86. The molecule has 0 spiro atoms. The summed E-state index contributed by atoms with van der Waals surface area (Å²) >= 11 is 1.66. The molecule has 76 valence electrons. The van der Waals surface area contributed by atoms with E-state index >= 15 is 0 Å². The summed E-state index contributed by atoms with van der Waals surface area (Å²) in [6.45, 7) is 0. The minimum Gasteiger partial charge on any atom is -0.348 e. The molecule has 0 unspecified atom stereocenters. The quantitative estimate of drug-likeness (QED) is 0.749. The third kappa shape index (κ3) is 1.95. The van der Waals surface area contributed by atoms with Crippen LogP contribution < -0.4 is 4.90 Å². The first-order valence-corrected chi connectivity index (χ1v) is 5.79. The highest BCUT2D eigenvalue weighted by Crippen LogP contribution is 2.25. The van der Waals surface area contributed by atoms with Gasteiger partial charge < -0.3 is 4.90 Å². The third-order valence-electron chi connectivity index (χ3n) is 2.78. The lowest BCUT2D eigenvalue weighted by atomic mass is 9.94. The van der Waals surface area contributed by atoms with Gasteiger partial charge in [-0.25, -0.2) is 4.98 Å². The van der Waals surface area contributed by atoms with Crippen molar-refractivity contribution in [3.05, 3.63) is 11.6 Å².